The molecule has 0 fully saturated rings. The molecule has 0 spiro atoms. The second kappa shape index (κ2) is 6.91. The van der Waals surface area contributed by atoms with Crippen LogP contribution in [0.3, 0.4) is 0 Å². The predicted molar refractivity (Wildman–Crippen MR) is 79.9 cm³/mol. The van der Waals surface area contributed by atoms with Gasteiger partial charge in [0, 0.05) is 35.8 Å². The molecule has 0 saturated heterocycles. The summed E-state index contributed by atoms with van der Waals surface area (Å²) in [6.07, 6.45) is -4.17. The van der Waals surface area contributed by atoms with Crippen LogP contribution in [0.1, 0.15) is 17.7 Å². The van der Waals surface area contributed by atoms with Crippen LogP contribution in [-0.2, 0) is 0 Å². The lowest BCUT2D eigenvalue weighted by Crippen LogP contribution is -2.30. The van der Waals surface area contributed by atoms with E-state index in [1.807, 2.05) is 0 Å². The Hall–Kier alpha value is -2.22. The summed E-state index contributed by atoms with van der Waals surface area (Å²) in [7, 11) is 0. The van der Waals surface area contributed by atoms with Gasteiger partial charge in [-0.25, -0.2) is 9.97 Å². The zero-order chi connectivity index (χ0) is 17.0. The first kappa shape index (κ1) is 17.1. The van der Waals surface area contributed by atoms with Gasteiger partial charge in [0.1, 0.15) is 5.82 Å². The molecule has 0 saturated carbocycles. The van der Waals surface area contributed by atoms with Gasteiger partial charge >= 0.3 is 6.18 Å². The van der Waals surface area contributed by atoms with Crippen LogP contribution in [0.2, 0.25) is 0 Å². The molecule has 0 aliphatic heterocycles. The van der Waals surface area contributed by atoms with Crippen LogP contribution < -0.4 is 5.32 Å². The van der Waals surface area contributed by atoms with Gasteiger partial charge in [0.15, 0.2) is 11.9 Å². The minimum absolute atomic E-state index is 0.0511. The number of halogens is 3. The van der Waals surface area contributed by atoms with Crippen LogP contribution in [-0.4, -0.2) is 38.9 Å². The van der Waals surface area contributed by atoms with Gasteiger partial charge in [-0.05, 0) is 32.4 Å². The molecule has 0 radical (unpaired) electrons. The monoisotopic (exact) mass is 326 g/mol. The number of rotatable bonds is 5. The zero-order valence-corrected chi connectivity index (χ0v) is 12.7. The van der Waals surface area contributed by atoms with Gasteiger partial charge in [0.05, 0.1) is 0 Å². The Balaban J connectivity index is 2.14. The van der Waals surface area contributed by atoms with E-state index in [4.69, 9.17) is 5.11 Å². The molecule has 23 heavy (non-hydrogen) atoms. The number of nitrogens with one attached hydrogen (secondary N) is 1. The number of alkyl halides is 3. The Morgan fingerprint density at radius 1 is 1.26 bits per heavy atom. The fraction of sp³-hybridized carbons (Fsp3) is 0.400. The summed E-state index contributed by atoms with van der Waals surface area (Å²) in [6.45, 7) is 3.53. The van der Waals surface area contributed by atoms with Gasteiger partial charge in [-0.15, -0.1) is 0 Å². The van der Waals surface area contributed by atoms with E-state index in [1.165, 1.54) is 0 Å². The molecule has 2 heterocycles. The molecule has 0 aromatic carbocycles. The van der Waals surface area contributed by atoms with Gasteiger partial charge < -0.3 is 10.4 Å². The second-order valence-corrected chi connectivity index (χ2v) is 5.12. The first-order valence-electron chi connectivity index (χ1n) is 7.03. The molecule has 2 aromatic heterocycles. The summed E-state index contributed by atoms with van der Waals surface area (Å²) >= 11 is 0. The number of nitrogens with zero attached hydrogens (tertiary/aromatic N) is 3. The van der Waals surface area contributed by atoms with Gasteiger partial charge in [-0.3, -0.25) is 4.98 Å². The van der Waals surface area contributed by atoms with Crippen molar-refractivity contribution in [2.75, 3.05) is 11.9 Å². The van der Waals surface area contributed by atoms with Crippen LogP contribution in [0.25, 0.3) is 11.4 Å². The van der Waals surface area contributed by atoms with Crippen molar-refractivity contribution in [3.63, 3.8) is 0 Å². The number of hydrogen-bond acceptors (Lipinski definition) is 5. The van der Waals surface area contributed by atoms with E-state index in [0.29, 0.717) is 17.2 Å². The van der Waals surface area contributed by atoms with Crippen molar-refractivity contribution < 1.29 is 18.3 Å². The first-order chi connectivity index (χ1) is 10.8. The smallest absolute Gasteiger partial charge is 0.384 e. The molecule has 5 nitrogen and oxygen atoms in total. The van der Waals surface area contributed by atoms with E-state index in [0.717, 1.165) is 11.3 Å². The van der Waals surface area contributed by atoms with Gasteiger partial charge in [0.2, 0.25) is 0 Å². The summed E-state index contributed by atoms with van der Waals surface area (Å²) in [4.78, 5) is 12.7. The molecule has 0 aliphatic rings. The highest BCUT2D eigenvalue weighted by molar-refractivity contribution is 5.58. The van der Waals surface area contributed by atoms with E-state index < -0.39 is 18.7 Å². The topological polar surface area (TPSA) is 70.9 Å². The maximum Gasteiger partial charge on any atom is 0.414 e. The molecule has 2 rings (SSSR count). The van der Waals surface area contributed by atoms with Crippen molar-refractivity contribution in [1.82, 2.24) is 15.0 Å². The normalized spacial score (nSPS) is 13.0. The van der Waals surface area contributed by atoms with Crippen molar-refractivity contribution in [1.29, 1.82) is 0 Å². The third-order valence-electron chi connectivity index (χ3n) is 3.40. The molecule has 2 aromatic rings. The Morgan fingerprint density at radius 2 is 2.00 bits per heavy atom. The highest BCUT2D eigenvalue weighted by atomic mass is 19.4. The van der Waals surface area contributed by atoms with E-state index in [2.05, 4.69) is 20.3 Å². The Bertz CT molecular complexity index is 662. The van der Waals surface area contributed by atoms with E-state index in [1.54, 1.807) is 38.4 Å². The van der Waals surface area contributed by atoms with E-state index >= 15 is 0 Å². The van der Waals surface area contributed by atoms with Gasteiger partial charge in [-0.1, -0.05) is 0 Å². The molecular weight excluding hydrogens is 309 g/mol. The van der Waals surface area contributed by atoms with E-state index in [9.17, 15) is 13.2 Å². The zero-order valence-electron chi connectivity index (χ0n) is 12.7. The maximum atomic E-state index is 12.3. The summed E-state index contributed by atoms with van der Waals surface area (Å²) in [5, 5.41) is 11.8. The summed E-state index contributed by atoms with van der Waals surface area (Å²) in [5.74, 6) is 0.894. The first-order valence-corrected chi connectivity index (χ1v) is 7.03. The molecule has 124 valence electrons. The quantitative estimate of drug-likeness (QED) is 0.884. The molecule has 1 atom stereocenters. The Morgan fingerprint density at radius 3 is 2.61 bits per heavy atom. The fourth-order valence-electron chi connectivity index (χ4n) is 1.92. The minimum atomic E-state index is -4.61. The summed E-state index contributed by atoms with van der Waals surface area (Å²) in [5.41, 5.74) is 2.19. The molecule has 0 unspecified atom stereocenters. The average molecular weight is 326 g/mol. The van der Waals surface area contributed by atoms with Crippen LogP contribution in [0.15, 0.2) is 24.5 Å². The lowest BCUT2D eigenvalue weighted by Gasteiger charge is -2.16. The second-order valence-electron chi connectivity index (χ2n) is 5.12. The minimum Gasteiger partial charge on any atom is -0.384 e. The molecule has 2 N–H and O–H groups in total. The van der Waals surface area contributed by atoms with Crippen LogP contribution in [0.4, 0.5) is 19.0 Å². The van der Waals surface area contributed by atoms with E-state index in [-0.39, 0.29) is 6.54 Å². The number of hydrogen-bond donors (Lipinski definition) is 2. The number of aromatic nitrogens is 3. The van der Waals surface area contributed by atoms with Crippen molar-refractivity contribution in [3.05, 3.63) is 35.8 Å². The highest BCUT2D eigenvalue weighted by Crippen LogP contribution is 2.23. The summed E-state index contributed by atoms with van der Waals surface area (Å²) < 4.78 is 36.9. The molecule has 0 bridgehead atoms. The summed E-state index contributed by atoms with van der Waals surface area (Å²) in [6, 6.07) is 3.55. The SMILES string of the molecule is Cc1nc(-c2cccnc2)nc(NCC[C@H](O)C(F)(F)F)c1C. The lowest BCUT2D eigenvalue weighted by molar-refractivity contribution is -0.204. The molecule has 8 heteroatoms. The molecular formula is C15H17F3N4O. The van der Waals surface area contributed by atoms with Gasteiger partial charge in [-0.2, -0.15) is 13.2 Å². The van der Waals surface area contributed by atoms with Crippen molar-refractivity contribution >= 4 is 5.82 Å². The standard InChI is InChI=1S/C15H17F3N4O/c1-9-10(2)21-14(11-4-3-6-19-8-11)22-13(9)20-7-5-12(23)15(16,17)18/h3-4,6,8,12,23H,5,7H2,1-2H3,(H,20,21,22)/t12-/m0/s1. The van der Waals surface area contributed by atoms with Crippen molar-refractivity contribution in [2.45, 2.75) is 32.5 Å². The Labute approximate surface area is 131 Å². The van der Waals surface area contributed by atoms with Gasteiger partial charge in [0.25, 0.3) is 0 Å². The van der Waals surface area contributed by atoms with Crippen molar-refractivity contribution in [2.24, 2.45) is 0 Å². The van der Waals surface area contributed by atoms with Crippen LogP contribution in [0.5, 0.6) is 0 Å². The van der Waals surface area contributed by atoms with Crippen LogP contribution >= 0.6 is 0 Å². The third kappa shape index (κ3) is 4.38. The molecule has 0 amide bonds. The lowest BCUT2D eigenvalue weighted by atomic mass is 10.2. The number of aliphatic hydroxyl groups excluding tert-OH is 1. The Kier molecular flexibility index (Phi) is 5.15. The number of anilines is 1. The van der Waals surface area contributed by atoms with Crippen molar-refractivity contribution in [3.8, 4) is 11.4 Å². The third-order valence-corrected chi connectivity index (χ3v) is 3.40. The molecule has 0 aliphatic carbocycles. The highest BCUT2D eigenvalue weighted by Gasteiger charge is 2.37. The van der Waals surface area contributed by atoms with Crippen LogP contribution in [0, 0.1) is 13.8 Å². The maximum absolute atomic E-state index is 12.3. The largest absolute Gasteiger partial charge is 0.414 e. The number of aliphatic hydroxyl groups is 1. The number of aryl methyl sites for hydroxylation is 1. The number of pyridine rings is 1. The average Bonchev–Trinajstić information content (AvgIpc) is 2.51. The fourth-order valence-corrected chi connectivity index (χ4v) is 1.92. The predicted octanol–water partition coefficient (Wildman–Crippen LogP) is 2.88.